The van der Waals surface area contributed by atoms with Crippen LogP contribution >= 0.6 is 58.8 Å². The van der Waals surface area contributed by atoms with Gasteiger partial charge >= 0.3 is 28.4 Å². The predicted octanol–water partition coefficient (Wildman–Crippen LogP) is 3.12. The van der Waals surface area contributed by atoms with Gasteiger partial charge in [0.25, 0.3) is 22.6 Å². The predicted molar refractivity (Wildman–Crippen MR) is 435 cm³/mol. The molecule has 37 nitrogen and oxygen atoms in total. The Bertz CT molecular complexity index is 4400. The van der Waals surface area contributed by atoms with E-state index in [4.69, 9.17) is 76.1 Å². The fourth-order valence-corrected chi connectivity index (χ4v) is 12.9. The number of aliphatic hydroxyl groups excluding tert-OH is 6. The molecule has 46 heteroatoms. The molecule has 1 aromatic carbocycles. The number of nitrogens with one attached hydrogen (secondary N) is 4. The zero-order valence-electron chi connectivity index (χ0n) is 67.2. The summed E-state index contributed by atoms with van der Waals surface area (Å²) in [6, 6.07) is 15.2. The summed E-state index contributed by atoms with van der Waals surface area (Å²) in [6.45, 7) is 20.5. The summed E-state index contributed by atoms with van der Waals surface area (Å²) in [5.41, 5.74) is -4.76. The number of nitrogens with two attached hydrogens (primary N) is 1. The number of hydrogen-bond donors (Lipinski definition) is 13. The number of hydrogen-bond acceptors (Lipinski definition) is 28. The average Bonchev–Trinajstić information content (AvgIpc) is 1.63. The summed E-state index contributed by atoms with van der Waals surface area (Å²) in [4.78, 5) is 119. The molecule has 5 aromatic heterocycles. The largest absolute Gasteiger partial charge is 0.394 e. The quantitative estimate of drug-likeness (QED) is 0.0286. The normalized spacial score (nSPS) is 28.8. The Labute approximate surface area is 721 Å². The molecule has 0 spiro atoms. The van der Waals surface area contributed by atoms with Crippen molar-refractivity contribution in [3.63, 3.8) is 0 Å². The molecule has 5 aliphatic heterocycles. The van der Waals surface area contributed by atoms with Crippen molar-refractivity contribution in [3.05, 3.63) is 203 Å². The Hall–Kier alpha value is -4.71. The maximum Gasteiger partial charge on any atom is 0.351 e. The van der Waals surface area contributed by atoms with Crippen molar-refractivity contribution < 1.29 is 133 Å². The molecular formula is C70H111Cl3N12Ni3O25P3-3. The van der Waals surface area contributed by atoms with Gasteiger partial charge in [-0.3, -0.25) is 57.0 Å². The van der Waals surface area contributed by atoms with Crippen LogP contribution in [-0.4, -0.2) is 232 Å². The first-order valence-electron chi connectivity index (χ1n) is 34.1. The van der Waals surface area contributed by atoms with E-state index in [1.807, 2.05) is 72.6 Å². The van der Waals surface area contributed by atoms with Gasteiger partial charge in [-0.25, -0.2) is 24.0 Å². The number of aliphatic hydroxyl groups is 8. The molecule has 0 aliphatic carbocycles. The summed E-state index contributed by atoms with van der Waals surface area (Å²) < 4.78 is 50.8. The van der Waals surface area contributed by atoms with Gasteiger partial charge in [-0.2, -0.15) is 9.97 Å². The van der Waals surface area contributed by atoms with E-state index < -0.39 is 160 Å². The van der Waals surface area contributed by atoms with Gasteiger partial charge in [0.15, 0.2) is 24.9 Å². The molecule has 22 atom stereocenters. The van der Waals surface area contributed by atoms with Crippen molar-refractivity contribution in [1.29, 1.82) is 0 Å². The molecule has 6 aromatic rings. The first kappa shape index (κ1) is 115. The van der Waals surface area contributed by atoms with Crippen LogP contribution in [0.5, 0.6) is 0 Å². The van der Waals surface area contributed by atoms with E-state index >= 15 is 0 Å². The summed E-state index contributed by atoms with van der Waals surface area (Å²) in [5, 5.41) is 81.2. The second-order valence-corrected chi connectivity index (χ2v) is 29.8. The summed E-state index contributed by atoms with van der Waals surface area (Å²) in [7, 11) is 4.42. The number of methoxy groups -OCH3 is 2. The number of aromatic amines is 3. The summed E-state index contributed by atoms with van der Waals surface area (Å²) in [5.74, 6) is -0.120. The van der Waals surface area contributed by atoms with Crippen LogP contribution in [0.2, 0.25) is 0 Å². The van der Waals surface area contributed by atoms with Crippen LogP contribution in [0.25, 0.3) is 0 Å². The number of nitrogens with zero attached hydrogens (tertiary/aromatic N) is 7. The molecule has 14 N–H and O–H groups in total. The molecule has 11 rings (SSSR count). The minimum atomic E-state index is -1.75. The zero-order valence-corrected chi connectivity index (χ0v) is 75.4. The summed E-state index contributed by atoms with van der Waals surface area (Å²) in [6.07, 6.45) is -1.52. The van der Waals surface area contributed by atoms with E-state index in [1.165, 1.54) is 84.0 Å². The number of nitrogen functional groups attached to an aromatic ring is 1. The number of anilines is 2. The molecule has 1 amide bonds. The van der Waals surface area contributed by atoms with E-state index in [0.717, 1.165) is 27.8 Å². The monoisotopic (exact) mass is 1890 g/mol. The van der Waals surface area contributed by atoms with Crippen LogP contribution < -0.4 is 56.2 Å². The number of ether oxygens (including phenoxy) is 7. The van der Waals surface area contributed by atoms with Crippen molar-refractivity contribution in [3.8, 4) is 0 Å². The maximum absolute atomic E-state index is 12.5. The third-order valence-electron chi connectivity index (χ3n) is 18.5. The topological polar surface area (TPSA) is 525 Å². The van der Waals surface area contributed by atoms with Crippen LogP contribution in [0, 0.1) is 27.7 Å². The Balaban J connectivity index is -0.00000133. The van der Waals surface area contributed by atoms with Crippen LogP contribution in [-0.2, 0) is 87.2 Å². The fourth-order valence-electron chi connectivity index (χ4n) is 12.3. The minimum absolute atomic E-state index is 0. The Morgan fingerprint density at radius 2 is 0.862 bits per heavy atom. The van der Waals surface area contributed by atoms with Crippen LogP contribution in [0.4, 0.5) is 11.6 Å². The Morgan fingerprint density at radius 3 is 1.22 bits per heavy atom. The number of aromatic nitrogens is 10. The number of halogens is 3. The Morgan fingerprint density at radius 1 is 0.517 bits per heavy atom. The molecule has 116 heavy (non-hydrogen) atoms. The van der Waals surface area contributed by atoms with E-state index in [9.17, 15) is 73.8 Å². The van der Waals surface area contributed by atoms with Gasteiger partial charge in [-0.1, -0.05) is 52.8 Å². The minimum Gasteiger partial charge on any atom is -0.394 e. The fraction of sp³-hybridized carbons (Fsp3) is 0.571. The number of H-pyrrole nitrogens is 3. The van der Waals surface area contributed by atoms with Crippen molar-refractivity contribution in [2.75, 3.05) is 64.9 Å². The number of alkyl halides is 1. The van der Waals surface area contributed by atoms with Gasteiger partial charge in [0, 0.05) is 139 Å². The van der Waals surface area contributed by atoms with Crippen molar-refractivity contribution in [2.24, 2.45) is 5.41 Å². The maximum atomic E-state index is 12.5. The number of benzene rings is 1. The molecule has 5 aliphatic rings. The first-order valence-corrected chi connectivity index (χ1v) is 41.3. The first-order chi connectivity index (χ1) is 51.8. The molecule has 670 valence electrons. The van der Waals surface area contributed by atoms with E-state index in [2.05, 4.69) is 36.9 Å². The third kappa shape index (κ3) is 27.7. The SMILES string of the molecule is CC1(O)[C@@H](O)[C@@H](CO)O[C@H]1n1ccc(=O)[nH]c1=O.CC1(O)[C@@H](O)[C@@H](CO)O[C@H]1n1ccc(N)nc1=O.CC[C@H]1O[C@@H](n2ccc(=O)[nH]c2=O)C(C)(OC)[C@H]1O.CC[C@H]1O[C@@H](n2ccc(=O)[nH]c2=O)C(C)(OC)[C@H]1OPC.CC[C@H]1O[C@@H](n2ccc(NC(=O)c3ccccc3)nc2=O)C(C)(C)[C@H]1O.CCl.CPCl.CPCl.[CH3-].[CH3-].[CH3-].[Ni].[Ni].[Ni]. The number of carbonyl (C=O) groups is 1. The van der Waals surface area contributed by atoms with Gasteiger partial charge in [0.2, 0.25) is 0 Å². The molecular weight excluding hydrogens is 1780 g/mol. The standard InChI is InChI=1S/C19H23N3O4.C13H21N2O5P.C12H18N2O5.C10H15N3O5.C10H14N2O6.2CH4ClP.CH3Cl.3CH3.3Ni/c1-4-13-15(23)19(2,3)17(26-13)22-11-10-14(21-18(22)25)20-16(24)12-8-6-5-7-9-12;1-5-8-10(20-21-4)13(2,18-3)11(19-8)15-7-6-9(16)14-12(15)17;1-4-7-9(16)12(2,18-3)10(19-7)14-6-5-8(15)13-11(14)17;1-10(17)7(15)5(4-14)18-8(10)13-3-2-6(11)12-9(13)16;1-10(17)7(15)5(4-13)18-8(10)12-3-2-6(14)11-9(12)16;2*1-3-2;1-2;;;;;;/h5-11,13,15,17,23H,4H2,1-3H3,(H,20,21,24,25);6-8,10-11,21H,5H2,1-4H3,(H,14,16,17);5-7,9-10,16H,4H2,1-3H3,(H,13,15,17);2-3,5,7-8,14-15,17H,4H2,1H3,(H2,11,12,16);2-3,5,7-8,13,15,17H,4H2,1H3,(H,11,14,16);2*3H,1H3;1H3;3*1H3;;;/q;;;;;;;;3*-1;;;/t13-,15+,17-;8-,10+,11-,13?;7-,9+,10-,12?;2*5-,7+,8-,10?;;;;;;;;;/m11111........./s1. The van der Waals surface area contributed by atoms with Crippen LogP contribution in [0.3, 0.4) is 0 Å². The number of carbonyl (C=O) groups excluding carboxylic acids is 1. The zero-order chi connectivity index (χ0) is 83.1. The van der Waals surface area contributed by atoms with Gasteiger partial charge in [-0.15, -0.1) is 34.1 Å². The van der Waals surface area contributed by atoms with Gasteiger partial charge in [0.1, 0.15) is 76.9 Å². The molecule has 0 bridgehead atoms. The second-order valence-electron chi connectivity index (χ2n) is 26.1. The van der Waals surface area contributed by atoms with Crippen molar-refractivity contribution >= 4 is 76.3 Å². The second kappa shape index (κ2) is 52.6. The average molecular weight is 1900 g/mol. The third-order valence-corrected chi connectivity index (χ3v) is 19.0. The smallest absolute Gasteiger partial charge is 0.351 e. The molecule has 0 radical (unpaired) electrons. The van der Waals surface area contributed by atoms with Gasteiger partial charge in [0.05, 0.1) is 37.6 Å². The van der Waals surface area contributed by atoms with E-state index in [0.29, 0.717) is 34.3 Å². The number of rotatable bonds is 16. The summed E-state index contributed by atoms with van der Waals surface area (Å²) >= 11 is 14.7. The molecule has 5 saturated heterocycles. The molecule has 7 unspecified atom stereocenters. The molecule has 10 heterocycles. The van der Waals surface area contributed by atoms with Crippen LogP contribution in [0.1, 0.15) is 123 Å². The van der Waals surface area contributed by atoms with Gasteiger partial charge < -0.3 is 112 Å². The number of amides is 1. The van der Waals surface area contributed by atoms with E-state index in [-0.39, 0.29) is 116 Å². The van der Waals surface area contributed by atoms with E-state index in [1.54, 1.807) is 44.4 Å². The van der Waals surface area contributed by atoms with Gasteiger partial charge in [-0.05, 0) is 107 Å². The van der Waals surface area contributed by atoms with Crippen molar-refractivity contribution in [2.45, 2.75) is 196 Å². The van der Waals surface area contributed by atoms with Crippen molar-refractivity contribution in [1.82, 2.24) is 47.8 Å². The molecule has 5 fully saturated rings. The molecule has 0 saturated carbocycles. The Kier molecular flexibility index (Phi) is 52.3. The van der Waals surface area contributed by atoms with Crippen LogP contribution in [0.15, 0.2) is 130 Å².